The summed E-state index contributed by atoms with van der Waals surface area (Å²) >= 11 is 1.83. The van der Waals surface area contributed by atoms with Crippen LogP contribution >= 0.6 is 11.8 Å². The van der Waals surface area contributed by atoms with Gasteiger partial charge in [-0.1, -0.05) is 18.2 Å². The zero-order chi connectivity index (χ0) is 11.9. The van der Waals surface area contributed by atoms with Gasteiger partial charge in [0.2, 0.25) is 0 Å². The maximum Gasteiger partial charge on any atom is 0.0594 e. The fourth-order valence-electron chi connectivity index (χ4n) is 1.89. The molecule has 0 aromatic heterocycles. The molecular weight excluding hydrogens is 232 g/mol. The molecule has 1 saturated heterocycles. The number of morpholine rings is 1. The molecule has 2 N–H and O–H groups in total. The van der Waals surface area contributed by atoms with E-state index in [0.717, 1.165) is 38.6 Å². The maximum atomic E-state index is 6.15. The second kappa shape index (κ2) is 7.01. The molecule has 1 aromatic rings. The summed E-state index contributed by atoms with van der Waals surface area (Å²) in [4.78, 5) is 3.68. The van der Waals surface area contributed by atoms with Gasteiger partial charge in [0, 0.05) is 36.3 Å². The molecule has 0 unspecified atom stereocenters. The third kappa shape index (κ3) is 4.68. The van der Waals surface area contributed by atoms with Crippen molar-refractivity contribution in [1.29, 1.82) is 0 Å². The lowest BCUT2D eigenvalue weighted by Gasteiger charge is -2.28. The molecule has 1 aliphatic heterocycles. The van der Waals surface area contributed by atoms with Crippen molar-refractivity contribution in [2.24, 2.45) is 5.73 Å². The van der Waals surface area contributed by atoms with Crippen LogP contribution in [0.2, 0.25) is 0 Å². The van der Waals surface area contributed by atoms with Gasteiger partial charge in [0.25, 0.3) is 0 Å². The molecule has 17 heavy (non-hydrogen) atoms. The highest BCUT2D eigenvalue weighted by molar-refractivity contribution is 7.99. The summed E-state index contributed by atoms with van der Waals surface area (Å²) in [7, 11) is 0. The van der Waals surface area contributed by atoms with Crippen LogP contribution < -0.4 is 5.73 Å². The Hall–Kier alpha value is -0.550. The molecular formula is C13H20N2OS. The van der Waals surface area contributed by atoms with Gasteiger partial charge in [-0.05, 0) is 12.1 Å². The highest BCUT2D eigenvalue weighted by Gasteiger charge is 2.13. The standard InChI is InChI=1S/C13H20N2OS/c14-12(10-15-6-8-16-9-7-15)11-17-13-4-2-1-3-5-13/h1-5,12H,6-11,14H2/t12-/m1/s1. The van der Waals surface area contributed by atoms with Gasteiger partial charge >= 0.3 is 0 Å². The number of nitrogens with zero attached hydrogens (tertiary/aromatic N) is 1. The minimum atomic E-state index is 0.235. The lowest BCUT2D eigenvalue weighted by molar-refractivity contribution is 0.0362. The molecule has 2 rings (SSSR count). The van der Waals surface area contributed by atoms with E-state index in [1.54, 1.807) is 0 Å². The summed E-state index contributed by atoms with van der Waals surface area (Å²) < 4.78 is 5.32. The first kappa shape index (κ1) is 12.9. The largest absolute Gasteiger partial charge is 0.379 e. The van der Waals surface area contributed by atoms with Crippen LogP contribution in [-0.2, 0) is 4.74 Å². The summed E-state index contributed by atoms with van der Waals surface area (Å²) in [6, 6.07) is 10.7. The van der Waals surface area contributed by atoms with E-state index in [0.29, 0.717) is 0 Å². The Labute approximate surface area is 107 Å². The minimum absolute atomic E-state index is 0.235. The normalized spacial score (nSPS) is 19.1. The van der Waals surface area contributed by atoms with Crippen LogP contribution in [0.25, 0.3) is 0 Å². The predicted octanol–water partition coefficient (Wildman–Crippen LogP) is 1.44. The number of thioether (sulfide) groups is 1. The topological polar surface area (TPSA) is 38.5 Å². The fraction of sp³-hybridized carbons (Fsp3) is 0.538. The third-order valence-electron chi connectivity index (χ3n) is 2.80. The number of hydrogen-bond donors (Lipinski definition) is 1. The second-order valence-corrected chi connectivity index (χ2v) is 5.39. The quantitative estimate of drug-likeness (QED) is 0.805. The highest BCUT2D eigenvalue weighted by Crippen LogP contribution is 2.17. The van der Waals surface area contributed by atoms with Crippen molar-refractivity contribution in [3.8, 4) is 0 Å². The van der Waals surface area contributed by atoms with E-state index in [1.807, 2.05) is 17.8 Å². The molecule has 0 aliphatic carbocycles. The fourth-order valence-corrected chi connectivity index (χ4v) is 2.75. The Morgan fingerprint density at radius 3 is 2.65 bits per heavy atom. The highest BCUT2D eigenvalue weighted by atomic mass is 32.2. The molecule has 0 amide bonds. The van der Waals surface area contributed by atoms with Crippen molar-refractivity contribution < 1.29 is 4.74 Å². The summed E-state index contributed by atoms with van der Waals surface area (Å²) in [5.41, 5.74) is 6.15. The average Bonchev–Trinajstić information content (AvgIpc) is 2.39. The van der Waals surface area contributed by atoms with Crippen LogP contribution in [0.5, 0.6) is 0 Å². The summed E-state index contributed by atoms with van der Waals surface area (Å²) in [6.07, 6.45) is 0. The van der Waals surface area contributed by atoms with Gasteiger partial charge in [0.15, 0.2) is 0 Å². The zero-order valence-electron chi connectivity index (χ0n) is 10.0. The smallest absolute Gasteiger partial charge is 0.0594 e. The van der Waals surface area contributed by atoms with E-state index in [9.17, 15) is 0 Å². The van der Waals surface area contributed by atoms with Crippen LogP contribution in [0.15, 0.2) is 35.2 Å². The number of ether oxygens (including phenoxy) is 1. The van der Waals surface area contributed by atoms with Crippen molar-refractivity contribution in [3.05, 3.63) is 30.3 Å². The molecule has 1 aliphatic rings. The van der Waals surface area contributed by atoms with E-state index in [2.05, 4.69) is 29.2 Å². The van der Waals surface area contributed by atoms with Gasteiger partial charge in [0.05, 0.1) is 13.2 Å². The van der Waals surface area contributed by atoms with Gasteiger partial charge in [-0.25, -0.2) is 0 Å². The number of benzene rings is 1. The second-order valence-electron chi connectivity index (χ2n) is 4.30. The van der Waals surface area contributed by atoms with Gasteiger partial charge < -0.3 is 10.5 Å². The number of nitrogens with two attached hydrogens (primary N) is 1. The van der Waals surface area contributed by atoms with Crippen LogP contribution in [-0.4, -0.2) is 49.5 Å². The molecule has 0 saturated carbocycles. The van der Waals surface area contributed by atoms with Crippen LogP contribution in [0.1, 0.15) is 0 Å². The first-order valence-corrected chi connectivity index (χ1v) is 7.06. The maximum absolute atomic E-state index is 6.15. The minimum Gasteiger partial charge on any atom is -0.379 e. The van der Waals surface area contributed by atoms with Crippen LogP contribution in [0, 0.1) is 0 Å². The van der Waals surface area contributed by atoms with Crippen molar-refractivity contribution >= 4 is 11.8 Å². The van der Waals surface area contributed by atoms with Crippen molar-refractivity contribution in [1.82, 2.24) is 4.90 Å². The molecule has 1 heterocycles. The Balaban J connectivity index is 1.68. The molecule has 1 fully saturated rings. The number of rotatable bonds is 5. The van der Waals surface area contributed by atoms with Crippen molar-refractivity contribution in [2.45, 2.75) is 10.9 Å². The lowest BCUT2D eigenvalue weighted by Crippen LogP contribution is -2.44. The van der Waals surface area contributed by atoms with Crippen LogP contribution in [0.4, 0.5) is 0 Å². The molecule has 0 radical (unpaired) electrons. The van der Waals surface area contributed by atoms with Gasteiger partial charge in [-0.3, -0.25) is 4.90 Å². The lowest BCUT2D eigenvalue weighted by atomic mass is 10.3. The van der Waals surface area contributed by atoms with E-state index in [1.165, 1.54) is 4.90 Å². The molecule has 1 atom stereocenters. The van der Waals surface area contributed by atoms with Gasteiger partial charge in [-0.2, -0.15) is 0 Å². The van der Waals surface area contributed by atoms with E-state index in [-0.39, 0.29) is 6.04 Å². The summed E-state index contributed by atoms with van der Waals surface area (Å²) in [5.74, 6) is 0.974. The predicted molar refractivity (Wildman–Crippen MR) is 72.4 cm³/mol. The Morgan fingerprint density at radius 2 is 1.94 bits per heavy atom. The molecule has 3 nitrogen and oxygen atoms in total. The zero-order valence-corrected chi connectivity index (χ0v) is 10.9. The molecule has 94 valence electrons. The Morgan fingerprint density at radius 1 is 1.24 bits per heavy atom. The SMILES string of the molecule is N[C@@H](CSc1ccccc1)CN1CCOCC1. The average molecular weight is 252 g/mol. The third-order valence-corrected chi connectivity index (χ3v) is 4.00. The monoisotopic (exact) mass is 252 g/mol. The molecule has 0 spiro atoms. The van der Waals surface area contributed by atoms with E-state index in [4.69, 9.17) is 10.5 Å². The first-order valence-electron chi connectivity index (χ1n) is 6.08. The van der Waals surface area contributed by atoms with E-state index >= 15 is 0 Å². The Bertz CT molecular complexity index is 314. The summed E-state index contributed by atoms with van der Waals surface area (Å²) in [5, 5.41) is 0. The van der Waals surface area contributed by atoms with Crippen LogP contribution in [0.3, 0.4) is 0 Å². The summed E-state index contributed by atoms with van der Waals surface area (Å²) in [6.45, 7) is 4.70. The van der Waals surface area contributed by atoms with E-state index < -0.39 is 0 Å². The van der Waals surface area contributed by atoms with Crippen molar-refractivity contribution in [2.75, 3.05) is 38.6 Å². The molecule has 0 bridgehead atoms. The van der Waals surface area contributed by atoms with Gasteiger partial charge in [0.1, 0.15) is 0 Å². The first-order chi connectivity index (χ1) is 8.34. The number of hydrogen-bond acceptors (Lipinski definition) is 4. The Kier molecular flexibility index (Phi) is 5.32. The van der Waals surface area contributed by atoms with Gasteiger partial charge in [-0.15, -0.1) is 11.8 Å². The molecule has 4 heteroatoms. The molecule has 1 aromatic carbocycles. The van der Waals surface area contributed by atoms with Crippen molar-refractivity contribution in [3.63, 3.8) is 0 Å².